The lowest BCUT2D eigenvalue weighted by molar-refractivity contribution is -0.141. The molecule has 0 saturated heterocycles. The van der Waals surface area contributed by atoms with Gasteiger partial charge in [-0.2, -0.15) is 13.2 Å². The molecule has 13 heteroatoms. The van der Waals surface area contributed by atoms with Crippen LogP contribution in [0.15, 0.2) is 52.9 Å². The summed E-state index contributed by atoms with van der Waals surface area (Å²) < 4.78 is 56.1. The van der Waals surface area contributed by atoms with E-state index in [-0.39, 0.29) is 58.4 Å². The first kappa shape index (κ1) is 28.4. The average molecular weight is 558 g/mol. The molecule has 0 aliphatic heterocycles. The normalized spacial score (nSPS) is 12.2. The number of hydrogen-bond donors (Lipinski definition) is 3. The molecule has 2 aromatic carbocycles. The van der Waals surface area contributed by atoms with E-state index in [2.05, 4.69) is 20.6 Å². The zero-order valence-electron chi connectivity index (χ0n) is 21.8. The van der Waals surface area contributed by atoms with Gasteiger partial charge >= 0.3 is 6.18 Å². The molecule has 0 radical (unpaired) electrons. The topological polar surface area (TPSA) is 142 Å². The number of aromatic nitrogens is 2. The van der Waals surface area contributed by atoms with Crippen molar-refractivity contribution in [3.8, 4) is 23.0 Å². The summed E-state index contributed by atoms with van der Waals surface area (Å²) in [7, 11) is 2.80. The molecule has 0 saturated carbocycles. The number of benzene rings is 2. The second kappa shape index (κ2) is 11.6. The van der Waals surface area contributed by atoms with Crippen LogP contribution in [0.3, 0.4) is 0 Å². The number of alkyl halides is 3. The van der Waals surface area contributed by atoms with E-state index >= 15 is 0 Å². The minimum atomic E-state index is -4.66. The maximum Gasteiger partial charge on any atom is 0.433 e. The van der Waals surface area contributed by atoms with Gasteiger partial charge in [0.2, 0.25) is 11.8 Å². The lowest BCUT2D eigenvalue weighted by Crippen LogP contribution is -2.29. The highest BCUT2D eigenvalue weighted by Gasteiger charge is 2.33. The van der Waals surface area contributed by atoms with Crippen molar-refractivity contribution in [1.82, 2.24) is 15.3 Å². The Bertz CT molecular complexity index is 1550. The van der Waals surface area contributed by atoms with Crippen molar-refractivity contribution in [2.45, 2.75) is 25.6 Å². The largest absolute Gasteiger partial charge is 0.495 e. The van der Waals surface area contributed by atoms with Crippen molar-refractivity contribution in [2.24, 2.45) is 5.73 Å². The van der Waals surface area contributed by atoms with Crippen LogP contribution in [0.5, 0.6) is 11.5 Å². The quantitative estimate of drug-likeness (QED) is 0.269. The standard InChI is InChI=1S/C27H26F3N5O5/c1-14(31)24-23(25(37)32-13-12-21(36)33-17-6-4-5-7-18(17)38-2)35-26(40-24)16-8-10-19(39-3)22-15(16)9-11-20(34-22)27(28,29)30/h4-11,14H,12-13,31H2,1-3H3,(H,32,37)(H,33,36)/t14-/m0/s1. The van der Waals surface area contributed by atoms with Crippen LogP contribution in [0.25, 0.3) is 22.4 Å². The van der Waals surface area contributed by atoms with Crippen LogP contribution < -0.4 is 25.8 Å². The van der Waals surface area contributed by atoms with Crippen molar-refractivity contribution in [1.29, 1.82) is 0 Å². The van der Waals surface area contributed by atoms with E-state index in [1.807, 2.05) is 0 Å². The van der Waals surface area contributed by atoms with Crippen molar-refractivity contribution < 1.29 is 36.7 Å². The minimum Gasteiger partial charge on any atom is -0.495 e. The Hall–Kier alpha value is -4.65. The van der Waals surface area contributed by atoms with Gasteiger partial charge in [0.15, 0.2) is 11.5 Å². The SMILES string of the molecule is COc1ccccc1NC(=O)CCNC(=O)c1nc(-c2ccc(OC)c3nc(C(F)(F)F)ccc23)oc1[C@H](C)N. The molecule has 0 bridgehead atoms. The van der Waals surface area contributed by atoms with E-state index < -0.39 is 23.8 Å². The molecule has 4 N–H and O–H groups in total. The molecule has 4 rings (SSSR count). The zero-order valence-corrected chi connectivity index (χ0v) is 21.8. The highest BCUT2D eigenvalue weighted by Crippen LogP contribution is 2.37. The average Bonchev–Trinajstić information content (AvgIpc) is 3.38. The van der Waals surface area contributed by atoms with Gasteiger partial charge in [0.1, 0.15) is 22.7 Å². The van der Waals surface area contributed by atoms with E-state index in [4.69, 9.17) is 19.6 Å². The number of carbonyl (C=O) groups excluding carboxylic acids is 2. The van der Waals surface area contributed by atoms with Crippen LogP contribution >= 0.6 is 0 Å². The summed E-state index contributed by atoms with van der Waals surface area (Å²) >= 11 is 0. The predicted molar refractivity (Wildman–Crippen MR) is 140 cm³/mol. The van der Waals surface area contributed by atoms with Gasteiger partial charge in [0.25, 0.3) is 5.91 Å². The zero-order chi connectivity index (χ0) is 29.0. The van der Waals surface area contributed by atoms with Gasteiger partial charge < -0.3 is 30.3 Å². The van der Waals surface area contributed by atoms with Gasteiger partial charge in [0, 0.05) is 23.9 Å². The Morgan fingerprint density at radius 1 is 1.02 bits per heavy atom. The molecular weight excluding hydrogens is 531 g/mol. The number of oxazole rings is 1. The van der Waals surface area contributed by atoms with Crippen LogP contribution in [0.2, 0.25) is 0 Å². The number of pyridine rings is 1. The molecule has 0 aliphatic carbocycles. The molecule has 0 spiro atoms. The summed E-state index contributed by atoms with van der Waals surface area (Å²) in [5.41, 5.74) is 5.54. The number of nitrogens with zero attached hydrogens (tertiary/aromatic N) is 2. The lowest BCUT2D eigenvalue weighted by Gasteiger charge is -2.11. The van der Waals surface area contributed by atoms with Crippen LogP contribution in [-0.4, -0.2) is 42.5 Å². The molecule has 0 aliphatic rings. The summed E-state index contributed by atoms with van der Waals surface area (Å²) in [4.78, 5) is 33.4. The maximum atomic E-state index is 13.3. The van der Waals surface area contributed by atoms with Gasteiger partial charge in [-0.3, -0.25) is 9.59 Å². The van der Waals surface area contributed by atoms with Crippen LogP contribution in [-0.2, 0) is 11.0 Å². The van der Waals surface area contributed by atoms with Gasteiger partial charge in [-0.1, -0.05) is 12.1 Å². The number of amides is 2. The molecule has 210 valence electrons. The highest BCUT2D eigenvalue weighted by atomic mass is 19.4. The number of nitrogens with two attached hydrogens (primary N) is 1. The summed E-state index contributed by atoms with van der Waals surface area (Å²) in [6.45, 7) is 1.57. The molecular formula is C27H26F3N5O5. The number of fused-ring (bicyclic) bond motifs is 1. The number of para-hydroxylation sites is 2. The molecule has 1 atom stereocenters. The van der Waals surface area contributed by atoms with Crippen molar-refractivity contribution >= 4 is 28.4 Å². The molecule has 2 aromatic heterocycles. The van der Waals surface area contributed by atoms with E-state index in [1.165, 1.54) is 32.4 Å². The number of methoxy groups -OCH3 is 2. The fourth-order valence-corrected chi connectivity index (χ4v) is 3.95. The van der Waals surface area contributed by atoms with E-state index in [9.17, 15) is 22.8 Å². The fraction of sp³-hybridized carbons (Fsp3) is 0.259. The smallest absolute Gasteiger partial charge is 0.433 e. The Balaban J connectivity index is 1.56. The number of carbonyl (C=O) groups is 2. The molecule has 0 fully saturated rings. The van der Waals surface area contributed by atoms with E-state index in [0.717, 1.165) is 6.07 Å². The Kier molecular flexibility index (Phi) is 8.24. The number of anilines is 1. The van der Waals surface area contributed by atoms with Crippen molar-refractivity contribution in [3.63, 3.8) is 0 Å². The molecule has 4 aromatic rings. The first-order chi connectivity index (χ1) is 19.0. The summed E-state index contributed by atoms with van der Waals surface area (Å²) in [6.07, 6.45) is -4.70. The number of halogens is 3. The second-order valence-corrected chi connectivity index (χ2v) is 8.68. The van der Waals surface area contributed by atoms with Gasteiger partial charge in [0.05, 0.1) is 25.9 Å². The van der Waals surface area contributed by atoms with Crippen LogP contribution in [0.4, 0.5) is 18.9 Å². The number of ether oxygens (including phenoxy) is 2. The fourth-order valence-electron chi connectivity index (χ4n) is 3.95. The number of hydrogen-bond acceptors (Lipinski definition) is 8. The van der Waals surface area contributed by atoms with Gasteiger partial charge in [-0.05, 0) is 43.3 Å². The summed E-state index contributed by atoms with van der Waals surface area (Å²) in [6, 6.07) is 11.2. The minimum absolute atomic E-state index is 0.0179. The molecule has 2 heterocycles. The highest BCUT2D eigenvalue weighted by molar-refractivity contribution is 5.98. The van der Waals surface area contributed by atoms with E-state index in [1.54, 1.807) is 31.2 Å². The van der Waals surface area contributed by atoms with Crippen molar-refractivity contribution in [2.75, 3.05) is 26.1 Å². The molecule has 2 amide bonds. The second-order valence-electron chi connectivity index (χ2n) is 8.68. The lowest BCUT2D eigenvalue weighted by atomic mass is 10.1. The Labute approximate surface area is 226 Å². The van der Waals surface area contributed by atoms with Gasteiger partial charge in [-0.25, -0.2) is 9.97 Å². The third-order valence-electron chi connectivity index (χ3n) is 5.86. The monoisotopic (exact) mass is 557 g/mol. The summed E-state index contributed by atoms with van der Waals surface area (Å²) in [5.74, 6) is -0.354. The third kappa shape index (κ3) is 5.99. The van der Waals surface area contributed by atoms with E-state index in [0.29, 0.717) is 11.4 Å². The number of rotatable bonds is 9. The van der Waals surface area contributed by atoms with Crippen molar-refractivity contribution in [3.05, 3.63) is 65.7 Å². The molecule has 0 unspecified atom stereocenters. The molecule has 10 nitrogen and oxygen atoms in total. The third-order valence-corrected chi connectivity index (χ3v) is 5.86. The Morgan fingerprint density at radius 3 is 2.42 bits per heavy atom. The Morgan fingerprint density at radius 2 is 1.75 bits per heavy atom. The van der Waals surface area contributed by atoms with Crippen LogP contribution in [0, 0.1) is 0 Å². The number of nitrogens with one attached hydrogen (secondary N) is 2. The predicted octanol–water partition coefficient (Wildman–Crippen LogP) is 4.70. The first-order valence-electron chi connectivity index (χ1n) is 12.1. The van der Waals surface area contributed by atoms with Gasteiger partial charge in [-0.15, -0.1) is 0 Å². The first-order valence-corrected chi connectivity index (χ1v) is 12.1. The summed E-state index contributed by atoms with van der Waals surface area (Å²) in [5, 5.41) is 5.60. The molecule has 40 heavy (non-hydrogen) atoms. The maximum absolute atomic E-state index is 13.3. The van der Waals surface area contributed by atoms with Crippen LogP contribution in [0.1, 0.15) is 41.3 Å².